The zero-order chi connectivity index (χ0) is 18.3. The highest BCUT2D eigenvalue weighted by Gasteiger charge is 2.20. The third-order valence-corrected chi connectivity index (χ3v) is 5.66. The molecule has 0 N–H and O–H groups in total. The maximum absolute atomic E-state index is 13.0. The van der Waals surface area contributed by atoms with E-state index in [1.807, 2.05) is 43.4 Å². The van der Waals surface area contributed by atoms with Gasteiger partial charge in [-0.2, -0.15) is 0 Å². The molecule has 0 spiro atoms. The number of benzene rings is 2. The smallest absolute Gasteiger partial charge is 0.258 e. The third-order valence-electron chi connectivity index (χ3n) is 5.23. The standard InChI is InChI=1S/C22H21ClN2O/c1-3-14-7-4-5-10-20(14)25(2)22(26)15-11-12-17-19(13-15)24-18-9-6-8-16(18)21(17)23/h4-5,7,10-13H,3,6,8-9H2,1-2H3. The Morgan fingerprint density at radius 3 is 2.81 bits per heavy atom. The number of fused-ring (bicyclic) bond motifs is 2. The Hall–Kier alpha value is -2.39. The lowest BCUT2D eigenvalue weighted by atomic mass is 10.1. The van der Waals surface area contributed by atoms with Gasteiger partial charge in [-0.3, -0.25) is 9.78 Å². The Morgan fingerprint density at radius 1 is 1.19 bits per heavy atom. The zero-order valence-corrected chi connectivity index (χ0v) is 15.8. The predicted molar refractivity (Wildman–Crippen MR) is 107 cm³/mol. The van der Waals surface area contributed by atoms with Crippen LogP contribution in [0.2, 0.25) is 5.02 Å². The van der Waals surface area contributed by atoms with Gasteiger partial charge in [0.25, 0.3) is 5.91 Å². The minimum atomic E-state index is -0.0359. The van der Waals surface area contributed by atoms with E-state index < -0.39 is 0 Å². The van der Waals surface area contributed by atoms with Crippen molar-refractivity contribution in [3.8, 4) is 0 Å². The first-order valence-electron chi connectivity index (χ1n) is 9.07. The lowest BCUT2D eigenvalue weighted by molar-refractivity contribution is 0.0993. The number of aromatic nitrogens is 1. The molecule has 4 rings (SSSR count). The summed E-state index contributed by atoms with van der Waals surface area (Å²) in [5.74, 6) is -0.0359. The van der Waals surface area contributed by atoms with Crippen LogP contribution in [-0.2, 0) is 19.3 Å². The van der Waals surface area contributed by atoms with Crippen LogP contribution >= 0.6 is 11.6 Å². The van der Waals surface area contributed by atoms with Crippen LogP contribution < -0.4 is 4.90 Å². The molecule has 1 aromatic heterocycles. The van der Waals surface area contributed by atoms with Crippen LogP contribution in [0.4, 0.5) is 5.69 Å². The molecule has 0 fully saturated rings. The average molecular weight is 365 g/mol. The number of carbonyl (C=O) groups excluding carboxylic acids is 1. The first-order chi connectivity index (χ1) is 12.6. The van der Waals surface area contributed by atoms with E-state index in [0.29, 0.717) is 5.56 Å². The summed E-state index contributed by atoms with van der Waals surface area (Å²) in [6.07, 6.45) is 3.94. The molecule has 3 aromatic rings. The lowest BCUT2D eigenvalue weighted by Gasteiger charge is -2.20. The molecule has 4 heteroatoms. The molecule has 0 saturated carbocycles. The minimum absolute atomic E-state index is 0.0359. The summed E-state index contributed by atoms with van der Waals surface area (Å²) >= 11 is 6.58. The molecule has 0 unspecified atom stereocenters. The molecule has 0 atom stereocenters. The molecule has 1 aliphatic rings. The van der Waals surface area contributed by atoms with Crippen LogP contribution in [-0.4, -0.2) is 17.9 Å². The fourth-order valence-corrected chi connectivity index (χ4v) is 4.14. The summed E-state index contributed by atoms with van der Waals surface area (Å²) in [6, 6.07) is 13.7. The molecular formula is C22H21ClN2O. The van der Waals surface area contributed by atoms with Gasteiger partial charge in [0, 0.05) is 29.4 Å². The number of anilines is 1. The van der Waals surface area contributed by atoms with Crippen molar-refractivity contribution in [3.63, 3.8) is 0 Å². The molecule has 0 bridgehead atoms. The van der Waals surface area contributed by atoms with E-state index in [0.717, 1.165) is 58.6 Å². The monoisotopic (exact) mass is 364 g/mol. The van der Waals surface area contributed by atoms with Gasteiger partial charge < -0.3 is 4.90 Å². The van der Waals surface area contributed by atoms with Crippen LogP contribution in [0, 0.1) is 0 Å². The number of para-hydroxylation sites is 1. The molecule has 132 valence electrons. The largest absolute Gasteiger partial charge is 0.311 e. The van der Waals surface area contributed by atoms with E-state index in [1.54, 1.807) is 4.90 Å². The predicted octanol–water partition coefficient (Wildman–Crippen LogP) is 5.22. The lowest BCUT2D eigenvalue weighted by Crippen LogP contribution is -2.27. The second-order valence-electron chi connectivity index (χ2n) is 6.78. The fourth-order valence-electron chi connectivity index (χ4n) is 3.78. The van der Waals surface area contributed by atoms with Crippen molar-refractivity contribution in [3.05, 3.63) is 69.9 Å². The van der Waals surface area contributed by atoms with Gasteiger partial charge >= 0.3 is 0 Å². The van der Waals surface area contributed by atoms with Gasteiger partial charge in [0.2, 0.25) is 0 Å². The van der Waals surface area contributed by atoms with Gasteiger partial charge in [-0.25, -0.2) is 0 Å². The summed E-state index contributed by atoms with van der Waals surface area (Å²) in [5, 5.41) is 1.73. The number of pyridine rings is 1. The van der Waals surface area contributed by atoms with Crippen molar-refractivity contribution < 1.29 is 4.79 Å². The Bertz CT molecular complexity index is 1010. The van der Waals surface area contributed by atoms with E-state index in [9.17, 15) is 4.79 Å². The summed E-state index contributed by atoms with van der Waals surface area (Å²) in [6.45, 7) is 2.10. The maximum Gasteiger partial charge on any atom is 0.258 e. The Kier molecular flexibility index (Phi) is 4.41. The van der Waals surface area contributed by atoms with E-state index in [-0.39, 0.29) is 5.91 Å². The van der Waals surface area contributed by atoms with E-state index >= 15 is 0 Å². The average Bonchev–Trinajstić information content (AvgIpc) is 3.15. The topological polar surface area (TPSA) is 33.2 Å². The van der Waals surface area contributed by atoms with Crippen molar-refractivity contribution in [1.29, 1.82) is 0 Å². The van der Waals surface area contributed by atoms with Gasteiger partial charge in [0.05, 0.1) is 10.5 Å². The van der Waals surface area contributed by atoms with E-state index in [1.165, 1.54) is 5.56 Å². The van der Waals surface area contributed by atoms with Crippen molar-refractivity contribution >= 4 is 34.1 Å². The van der Waals surface area contributed by atoms with Crippen LogP contribution in [0.15, 0.2) is 42.5 Å². The van der Waals surface area contributed by atoms with Gasteiger partial charge in [-0.05, 0) is 55.0 Å². The first kappa shape index (κ1) is 17.0. The summed E-state index contributed by atoms with van der Waals surface area (Å²) < 4.78 is 0. The van der Waals surface area contributed by atoms with Crippen LogP contribution in [0.1, 0.15) is 40.5 Å². The number of amides is 1. The maximum atomic E-state index is 13.0. The Morgan fingerprint density at radius 2 is 2.00 bits per heavy atom. The number of nitrogens with zero attached hydrogens (tertiary/aromatic N) is 2. The number of aryl methyl sites for hydroxylation is 2. The molecule has 0 aliphatic heterocycles. The van der Waals surface area contributed by atoms with E-state index in [4.69, 9.17) is 16.6 Å². The highest BCUT2D eigenvalue weighted by atomic mass is 35.5. The molecule has 1 amide bonds. The van der Waals surface area contributed by atoms with Gasteiger partial charge in [-0.1, -0.05) is 42.8 Å². The third kappa shape index (κ3) is 2.77. The van der Waals surface area contributed by atoms with Crippen LogP contribution in [0.3, 0.4) is 0 Å². The number of carbonyl (C=O) groups is 1. The van der Waals surface area contributed by atoms with Crippen molar-refractivity contribution in [1.82, 2.24) is 4.98 Å². The Labute approximate surface area is 158 Å². The van der Waals surface area contributed by atoms with Gasteiger partial charge in [0.15, 0.2) is 0 Å². The summed E-state index contributed by atoms with van der Waals surface area (Å²) in [5.41, 5.74) is 5.79. The zero-order valence-electron chi connectivity index (χ0n) is 15.1. The number of rotatable bonds is 3. The summed E-state index contributed by atoms with van der Waals surface area (Å²) in [7, 11) is 1.82. The van der Waals surface area contributed by atoms with E-state index in [2.05, 4.69) is 13.0 Å². The van der Waals surface area contributed by atoms with Gasteiger partial charge in [0.1, 0.15) is 0 Å². The molecule has 1 heterocycles. The van der Waals surface area contributed by atoms with Crippen molar-refractivity contribution in [2.75, 3.05) is 11.9 Å². The Balaban J connectivity index is 1.74. The molecule has 2 aromatic carbocycles. The second kappa shape index (κ2) is 6.73. The fraction of sp³-hybridized carbons (Fsp3) is 0.273. The van der Waals surface area contributed by atoms with Crippen molar-refractivity contribution in [2.24, 2.45) is 0 Å². The molecule has 0 radical (unpaired) electrons. The molecule has 26 heavy (non-hydrogen) atoms. The normalized spacial score (nSPS) is 13.0. The summed E-state index contributed by atoms with van der Waals surface area (Å²) in [4.78, 5) is 19.5. The molecule has 1 aliphatic carbocycles. The highest BCUT2D eigenvalue weighted by Crippen LogP contribution is 2.34. The van der Waals surface area contributed by atoms with Crippen LogP contribution in [0.25, 0.3) is 10.9 Å². The van der Waals surface area contributed by atoms with Crippen LogP contribution in [0.5, 0.6) is 0 Å². The number of hydrogen-bond donors (Lipinski definition) is 0. The number of hydrogen-bond acceptors (Lipinski definition) is 2. The first-order valence-corrected chi connectivity index (χ1v) is 9.45. The number of halogens is 1. The minimum Gasteiger partial charge on any atom is -0.311 e. The SMILES string of the molecule is CCc1ccccc1N(C)C(=O)c1ccc2c(Cl)c3c(nc2c1)CCC3. The van der Waals surface area contributed by atoms with Gasteiger partial charge in [-0.15, -0.1) is 0 Å². The highest BCUT2D eigenvalue weighted by molar-refractivity contribution is 6.36. The molecular weight excluding hydrogens is 344 g/mol. The quantitative estimate of drug-likeness (QED) is 0.638. The molecule has 3 nitrogen and oxygen atoms in total. The second-order valence-corrected chi connectivity index (χ2v) is 7.16. The molecule has 0 saturated heterocycles. The van der Waals surface area contributed by atoms with Crippen molar-refractivity contribution in [2.45, 2.75) is 32.6 Å².